The molecule has 5 heteroatoms. The molecule has 0 aromatic heterocycles. The smallest absolute Gasteiger partial charge is 0.335 e. The molecule has 0 aromatic carbocycles. The summed E-state index contributed by atoms with van der Waals surface area (Å²) < 4.78 is 8.96. The average molecular weight is 210 g/mol. The van der Waals surface area contributed by atoms with Crippen LogP contribution in [-0.4, -0.2) is 31.9 Å². The minimum atomic E-state index is -0.861. The second-order valence-electron chi connectivity index (χ2n) is 2.85. The monoisotopic (exact) mass is 210 g/mol. The molecule has 0 N–H and O–H groups in total. The number of allylic oxidation sites excluding steroid dienone is 2. The van der Waals surface area contributed by atoms with Crippen LogP contribution in [0.2, 0.25) is 0 Å². The first-order valence-electron chi connectivity index (χ1n) is 4.20. The highest BCUT2D eigenvalue weighted by Crippen LogP contribution is 2.20. The summed E-state index contributed by atoms with van der Waals surface area (Å²) in [4.78, 5) is 33.6. The Morgan fingerprint density at radius 3 is 2.47 bits per heavy atom. The van der Waals surface area contributed by atoms with Crippen molar-refractivity contribution in [2.45, 2.75) is 0 Å². The number of ether oxygens (including phenoxy) is 2. The molecule has 0 saturated heterocycles. The van der Waals surface area contributed by atoms with Crippen LogP contribution in [-0.2, 0) is 23.9 Å². The van der Waals surface area contributed by atoms with Gasteiger partial charge in [0, 0.05) is 0 Å². The minimum Gasteiger partial charge on any atom is -0.468 e. The van der Waals surface area contributed by atoms with Crippen LogP contribution in [0.25, 0.3) is 0 Å². The van der Waals surface area contributed by atoms with Gasteiger partial charge in [-0.25, -0.2) is 4.79 Å². The van der Waals surface area contributed by atoms with Gasteiger partial charge in [-0.1, -0.05) is 6.08 Å². The normalized spacial score (nSPS) is 19.5. The lowest BCUT2D eigenvalue weighted by Gasteiger charge is -2.15. The SMILES string of the molecule is COC(=O)C1=CC(=O)C=CC1C(=O)OC. The molecule has 5 nitrogen and oxygen atoms in total. The van der Waals surface area contributed by atoms with Crippen molar-refractivity contribution in [1.82, 2.24) is 0 Å². The molecule has 1 rings (SSSR count). The molecule has 0 amide bonds. The topological polar surface area (TPSA) is 69.7 Å². The van der Waals surface area contributed by atoms with Crippen LogP contribution < -0.4 is 0 Å². The first-order valence-corrected chi connectivity index (χ1v) is 4.20. The van der Waals surface area contributed by atoms with Gasteiger partial charge in [0.25, 0.3) is 0 Å². The fourth-order valence-corrected chi connectivity index (χ4v) is 1.22. The van der Waals surface area contributed by atoms with Crippen molar-refractivity contribution in [1.29, 1.82) is 0 Å². The molecular formula is C10H10O5. The molecule has 15 heavy (non-hydrogen) atoms. The lowest BCUT2D eigenvalue weighted by atomic mass is 9.93. The molecule has 0 aromatic rings. The van der Waals surface area contributed by atoms with Gasteiger partial charge in [-0.05, 0) is 12.2 Å². The number of carbonyl (C=O) groups excluding carboxylic acids is 3. The summed E-state index contributed by atoms with van der Waals surface area (Å²) in [7, 11) is 2.39. The third kappa shape index (κ3) is 2.31. The van der Waals surface area contributed by atoms with E-state index in [1.807, 2.05) is 0 Å². The van der Waals surface area contributed by atoms with Crippen LogP contribution in [0.5, 0.6) is 0 Å². The molecule has 80 valence electrons. The molecule has 1 atom stereocenters. The lowest BCUT2D eigenvalue weighted by molar-refractivity contribution is -0.146. The quantitative estimate of drug-likeness (QED) is 0.600. The van der Waals surface area contributed by atoms with Crippen molar-refractivity contribution in [3.05, 3.63) is 23.8 Å². The van der Waals surface area contributed by atoms with E-state index in [0.717, 1.165) is 6.08 Å². The highest BCUT2D eigenvalue weighted by molar-refractivity contribution is 6.09. The summed E-state index contributed by atoms with van der Waals surface area (Å²) >= 11 is 0. The third-order valence-corrected chi connectivity index (χ3v) is 1.96. The second-order valence-corrected chi connectivity index (χ2v) is 2.85. The van der Waals surface area contributed by atoms with Gasteiger partial charge in [0.05, 0.1) is 19.8 Å². The van der Waals surface area contributed by atoms with Crippen molar-refractivity contribution in [2.75, 3.05) is 14.2 Å². The maximum Gasteiger partial charge on any atom is 0.335 e. The van der Waals surface area contributed by atoms with E-state index in [2.05, 4.69) is 9.47 Å². The van der Waals surface area contributed by atoms with Gasteiger partial charge in [-0.2, -0.15) is 0 Å². The first kappa shape index (κ1) is 11.2. The Hall–Kier alpha value is -1.91. The maximum atomic E-state index is 11.3. The molecule has 1 aliphatic rings. The molecule has 0 heterocycles. The van der Waals surface area contributed by atoms with E-state index in [0.29, 0.717) is 0 Å². The molecule has 1 unspecified atom stereocenters. The van der Waals surface area contributed by atoms with Crippen LogP contribution in [0.3, 0.4) is 0 Å². The molecule has 0 saturated carbocycles. The summed E-state index contributed by atoms with van der Waals surface area (Å²) in [5, 5.41) is 0. The Morgan fingerprint density at radius 2 is 1.93 bits per heavy atom. The largest absolute Gasteiger partial charge is 0.468 e. The summed E-state index contributed by atoms with van der Waals surface area (Å²) in [5.41, 5.74) is -0.00292. The van der Waals surface area contributed by atoms with E-state index in [4.69, 9.17) is 0 Å². The second kappa shape index (κ2) is 4.54. The van der Waals surface area contributed by atoms with Crippen LogP contribution in [0, 0.1) is 5.92 Å². The van der Waals surface area contributed by atoms with Crippen molar-refractivity contribution in [2.24, 2.45) is 5.92 Å². The van der Waals surface area contributed by atoms with Crippen LogP contribution in [0.4, 0.5) is 0 Å². The molecule has 1 aliphatic carbocycles. The summed E-state index contributed by atoms with van der Waals surface area (Å²) in [5.74, 6) is -2.52. The number of carbonyl (C=O) groups is 3. The van der Waals surface area contributed by atoms with Crippen molar-refractivity contribution in [3.63, 3.8) is 0 Å². The first-order chi connectivity index (χ1) is 7.10. The average Bonchev–Trinajstić information content (AvgIpc) is 2.26. The zero-order valence-corrected chi connectivity index (χ0v) is 8.35. The van der Waals surface area contributed by atoms with Gasteiger partial charge >= 0.3 is 11.9 Å². The Kier molecular flexibility index (Phi) is 3.38. The molecule has 0 radical (unpaired) electrons. The Labute approximate surface area is 86.4 Å². The van der Waals surface area contributed by atoms with E-state index in [1.54, 1.807) is 0 Å². The van der Waals surface area contributed by atoms with Gasteiger partial charge in [0.15, 0.2) is 5.78 Å². The Balaban J connectivity index is 3.01. The highest BCUT2D eigenvalue weighted by Gasteiger charge is 2.29. The zero-order valence-electron chi connectivity index (χ0n) is 8.35. The van der Waals surface area contributed by atoms with Crippen molar-refractivity contribution < 1.29 is 23.9 Å². The van der Waals surface area contributed by atoms with Crippen LogP contribution in [0.15, 0.2) is 23.8 Å². The molecule has 0 aliphatic heterocycles. The van der Waals surface area contributed by atoms with Crippen LogP contribution >= 0.6 is 0 Å². The number of hydrogen-bond acceptors (Lipinski definition) is 5. The summed E-state index contributed by atoms with van der Waals surface area (Å²) in [6, 6.07) is 0. The fourth-order valence-electron chi connectivity index (χ4n) is 1.22. The molecule has 0 spiro atoms. The van der Waals surface area contributed by atoms with Gasteiger partial charge in [0.1, 0.15) is 5.92 Å². The van der Waals surface area contributed by atoms with Crippen molar-refractivity contribution >= 4 is 17.7 Å². The number of esters is 2. The number of ketones is 1. The number of methoxy groups -OCH3 is 2. The Bertz CT molecular complexity index is 364. The standard InChI is InChI=1S/C10H10O5/c1-14-9(12)7-4-3-6(11)5-8(7)10(13)15-2/h3-5,7H,1-2H3. The zero-order chi connectivity index (χ0) is 11.4. The predicted octanol–water partition coefficient (Wildman–Crippen LogP) is 0.0139. The summed E-state index contributed by atoms with van der Waals surface area (Å²) in [6.45, 7) is 0. The molecule has 0 bridgehead atoms. The molecule has 0 fully saturated rings. The van der Waals surface area contributed by atoms with Crippen LogP contribution in [0.1, 0.15) is 0 Å². The minimum absolute atomic E-state index is 0.00292. The van der Waals surface area contributed by atoms with E-state index in [1.165, 1.54) is 26.4 Å². The summed E-state index contributed by atoms with van der Waals surface area (Å²) in [6.07, 6.45) is 3.61. The van der Waals surface area contributed by atoms with E-state index >= 15 is 0 Å². The van der Waals surface area contributed by atoms with E-state index in [-0.39, 0.29) is 11.4 Å². The van der Waals surface area contributed by atoms with E-state index < -0.39 is 17.9 Å². The maximum absolute atomic E-state index is 11.3. The number of hydrogen-bond donors (Lipinski definition) is 0. The molecular weight excluding hydrogens is 200 g/mol. The van der Waals surface area contributed by atoms with Crippen molar-refractivity contribution in [3.8, 4) is 0 Å². The van der Waals surface area contributed by atoms with E-state index in [9.17, 15) is 14.4 Å². The Morgan fingerprint density at radius 1 is 1.27 bits per heavy atom. The van der Waals surface area contributed by atoms with Gasteiger partial charge in [-0.15, -0.1) is 0 Å². The fraction of sp³-hybridized carbons (Fsp3) is 0.300. The predicted molar refractivity (Wildman–Crippen MR) is 49.8 cm³/mol. The van der Waals surface area contributed by atoms with Gasteiger partial charge < -0.3 is 9.47 Å². The third-order valence-electron chi connectivity index (χ3n) is 1.96. The number of rotatable bonds is 2. The van der Waals surface area contributed by atoms with Gasteiger partial charge in [-0.3, -0.25) is 9.59 Å². The van der Waals surface area contributed by atoms with Gasteiger partial charge in [0.2, 0.25) is 0 Å². The highest BCUT2D eigenvalue weighted by atomic mass is 16.5. The lowest BCUT2D eigenvalue weighted by Crippen LogP contribution is -2.25.